The van der Waals surface area contributed by atoms with Gasteiger partial charge in [0.25, 0.3) is 0 Å². The summed E-state index contributed by atoms with van der Waals surface area (Å²) >= 11 is 0. The Morgan fingerprint density at radius 2 is 1.41 bits per heavy atom. The lowest BCUT2D eigenvalue weighted by Gasteiger charge is -2.32. The average molecular weight is 797 g/mol. The van der Waals surface area contributed by atoms with E-state index in [4.69, 9.17) is 11.5 Å². The van der Waals surface area contributed by atoms with Crippen molar-refractivity contribution >= 4 is 52.3 Å². The van der Waals surface area contributed by atoms with Crippen LogP contribution in [0.4, 0.5) is 0 Å². The Balaban J connectivity index is 1.24. The molecule has 4 aromatic rings. The number of likely N-dealkylation sites (tertiary alicyclic amines) is 2. The van der Waals surface area contributed by atoms with Gasteiger partial charge in [0.15, 0.2) is 0 Å². The van der Waals surface area contributed by atoms with Crippen molar-refractivity contribution in [3.63, 3.8) is 0 Å². The second-order valence-electron chi connectivity index (χ2n) is 14.7. The molecule has 0 radical (unpaired) electrons. The van der Waals surface area contributed by atoms with Crippen molar-refractivity contribution in [2.45, 2.75) is 87.6 Å². The van der Waals surface area contributed by atoms with E-state index in [0.717, 1.165) is 10.9 Å². The van der Waals surface area contributed by atoms with Gasteiger partial charge >= 0.3 is 5.97 Å². The van der Waals surface area contributed by atoms with Gasteiger partial charge < -0.3 is 52.3 Å². The zero-order chi connectivity index (χ0) is 41.3. The van der Waals surface area contributed by atoms with Crippen molar-refractivity contribution in [1.29, 1.82) is 0 Å². The number of rotatable bonds is 17. The minimum atomic E-state index is -1.33. The van der Waals surface area contributed by atoms with Gasteiger partial charge in [-0.05, 0) is 42.9 Å². The SMILES string of the molecule is NC(=O)C[C@H](N)C(=O)N[C@@H](Cc1c[nH]c2ccccc12)C(=O)N[C@@H](Cc1ccccc1)C(=O)N1CCC[C@H]1C(=O)N[C@@H](Cc1cnc[nH]1)C(=O)N1CCC[C@H]1C(=O)O. The first-order chi connectivity index (χ1) is 27.9. The van der Waals surface area contributed by atoms with E-state index in [-0.39, 0.29) is 45.2 Å². The average Bonchev–Trinajstić information content (AvgIpc) is 4.05. The summed E-state index contributed by atoms with van der Waals surface area (Å²) in [6.07, 6.45) is 5.77. The van der Waals surface area contributed by atoms with Crippen LogP contribution in [0.1, 0.15) is 48.9 Å². The third-order valence-corrected chi connectivity index (χ3v) is 10.6. The highest BCUT2D eigenvalue weighted by Crippen LogP contribution is 2.24. The van der Waals surface area contributed by atoms with Crippen LogP contribution in [0.25, 0.3) is 10.9 Å². The number of H-pyrrole nitrogens is 2. The van der Waals surface area contributed by atoms with Gasteiger partial charge in [-0.3, -0.25) is 28.8 Å². The maximum Gasteiger partial charge on any atom is 0.326 e. The molecule has 18 heteroatoms. The summed E-state index contributed by atoms with van der Waals surface area (Å²) in [5, 5.41) is 18.9. The molecular formula is C40H48N10O8. The highest BCUT2D eigenvalue weighted by molar-refractivity contribution is 5.97. The molecule has 2 aromatic heterocycles. The van der Waals surface area contributed by atoms with E-state index in [1.54, 1.807) is 30.5 Å². The van der Waals surface area contributed by atoms with Crippen molar-refractivity contribution in [3.8, 4) is 0 Å². The Bertz CT molecular complexity index is 2120. The van der Waals surface area contributed by atoms with E-state index in [2.05, 4.69) is 30.9 Å². The molecule has 2 saturated heterocycles. The van der Waals surface area contributed by atoms with Crippen LogP contribution in [-0.2, 0) is 52.8 Å². The van der Waals surface area contributed by atoms with Crippen LogP contribution < -0.4 is 27.4 Å². The van der Waals surface area contributed by atoms with Crippen molar-refractivity contribution < 1.29 is 38.7 Å². The number of nitrogens with zero attached hydrogens (tertiary/aromatic N) is 3. The molecule has 2 aliphatic heterocycles. The second-order valence-corrected chi connectivity index (χ2v) is 14.7. The molecule has 6 amide bonds. The Labute approximate surface area is 333 Å². The van der Waals surface area contributed by atoms with Gasteiger partial charge in [-0.1, -0.05) is 48.5 Å². The number of amides is 6. The number of para-hydroxylation sites is 1. The van der Waals surface area contributed by atoms with Crippen LogP contribution in [0.3, 0.4) is 0 Å². The zero-order valence-electron chi connectivity index (χ0n) is 31.8. The molecule has 10 N–H and O–H groups in total. The Morgan fingerprint density at radius 3 is 2.09 bits per heavy atom. The highest BCUT2D eigenvalue weighted by atomic mass is 16.4. The quantitative estimate of drug-likeness (QED) is 0.0687. The van der Waals surface area contributed by atoms with Gasteiger partial charge in [0, 0.05) is 61.3 Å². The third kappa shape index (κ3) is 9.87. The summed E-state index contributed by atoms with van der Waals surface area (Å²) in [7, 11) is 0. The van der Waals surface area contributed by atoms with Gasteiger partial charge in [-0.25, -0.2) is 9.78 Å². The maximum absolute atomic E-state index is 14.6. The normalized spacial score (nSPS) is 18.6. The molecule has 306 valence electrons. The monoisotopic (exact) mass is 796 g/mol. The first-order valence-corrected chi connectivity index (χ1v) is 19.2. The molecule has 58 heavy (non-hydrogen) atoms. The number of nitrogens with two attached hydrogens (primary N) is 2. The first-order valence-electron chi connectivity index (χ1n) is 19.2. The number of carbonyl (C=O) groups excluding carboxylic acids is 6. The summed E-state index contributed by atoms with van der Waals surface area (Å²) in [4.78, 5) is 106. The van der Waals surface area contributed by atoms with E-state index >= 15 is 0 Å². The van der Waals surface area contributed by atoms with Crippen LogP contribution in [0.2, 0.25) is 0 Å². The fourth-order valence-electron chi connectivity index (χ4n) is 7.71. The maximum atomic E-state index is 14.6. The van der Waals surface area contributed by atoms with Gasteiger partial charge in [0.2, 0.25) is 35.4 Å². The molecule has 4 heterocycles. The largest absolute Gasteiger partial charge is 0.480 e. The molecule has 0 bridgehead atoms. The summed E-state index contributed by atoms with van der Waals surface area (Å²) in [5.41, 5.74) is 14.0. The number of carboxylic acid groups (broad SMARTS) is 1. The molecule has 0 spiro atoms. The molecule has 0 aliphatic carbocycles. The van der Waals surface area contributed by atoms with E-state index in [0.29, 0.717) is 29.7 Å². The predicted molar refractivity (Wildman–Crippen MR) is 209 cm³/mol. The first kappa shape index (κ1) is 41.1. The number of aromatic nitrogens is 3. The summed E-state index contributed by atoms with van der Waals surface area (Å²) in [6.45, 7) is 0.404. The fraction of sp³-hybridized carbons (Fsp3) is 0.400. The number of imidazole rings is 1. The number of carboxylic acids is 1. The lowest BCUT2D eigenvalue weighted by molar-refractivity contribution is -0.149. The van der Waals surface area contributed by atoms with Crippen molar-refractivity contribution in [1.82, 2.24) is 40.7 Å². The van der Waals surface area contributed by atoms with Crippen LogP contribution in [0.15, 0.2) is 73.3 Å². The highest BCUT2D eigenvalue weighted by Gasteiger charge is 2.42. The molecule has 2 aromatic carbocycles. The minimum absolute atomic E-state index is 0.00261. The number of carbonyl (C=O) groups is 7. The lowest BCUT2D eigenvalue weighted by atomic mass is 10.0. The number of fused-ring (bicyclic) bond motifs is 1. The second kappa shape index (κ2) is 18.6. The van der Waals surface area contributed by atoms with Crippen molar-refractivity contribution in [2.75, 3.05) is 13.1 Å². The number of aliphatic carboxylic acids is 1. The summed E-state index contributed by atoms with van der Waals surface area (Å²) in [5.74, 6) is -5.14. The van der Waals surface area contributed by atoms with Gasteiger partial charge in [0.05, 0.1) is 18.8 Å². The molecule has 0 saturated carbocycles. The van der Waals surface area contributed by atoms with E-state index in [1.165, 1.54) is 22.3 Å². The number of hydrogen-bond donors (Lipinski definition) is 8. The van der Waals surface area contributed by atoms with Crippen LogP contribution in [-0.4, -0.2) is 121 Å². The van der Waals surface area contributed by atoms with Crippen LogP contribution >= 0.6 is 0 Å². The van der Waals surface area contributed by atoms with Crippen LogP contribution in [0.5, 0.6) is 0 Å². The minimum Gasteiger partial charge on any atom is -0.480 e. The van der Waals surface area contributed by atoms with Crippen LogP contribution in [0, 0.1) is 0 Å². The standard InChI is InChI=1S/C40H48N10O8/c41-27(19-34(42)51)35(52)46-29(17-24-20-44-28-11-5-4-10-26(24)28)36(53)47-30(16-23-8-2-1-3-9-23)38(55)49-14-6-12-32(49)37(54)48-31(18-25-21-43-22-45-25)39(56)50-15-7-13-33(50)40(57)58/h1-5,8-11,20-22,27,29-33,44H,6-7,12-19,41H2,(H2,42,51)(H,43,45)(H,46,52)(H,47,53)(H,48,54)(H,57,58)/t27-,29-,30-,31-,32-,33-/m0/s1. The Kier molecular flexibility index (Phi) is 13.2. The Hall–Kier alpha value is -6.56. The molecule has 6 rings (SSSR count). The van der Waals surface area contributed by atoms with E-state index < -0.39 is 84.1 Å². The van der Waals surface area contributed by atoms with E-state index in [1.807, 2.05) is 30.3 Å². The van der Waals surface area contributed by atoms with Crippen molar-refractivity contribution in [3.05, 3.63) is 90.1 Å². The van der Waals surface area contributed by atoms with E-state index in [9.17, 15) is 38.7 Å². The number of primary amides is 1. The molecule has 18 nitrogen and oxygen atoms in total. The van der Waals surface area contributed by atoms with Gasteiger partial charge in [-0.15, -0.1) is 0 Å². The number of benzene rings is 2. The molecule has 6 atom stereocenters. The number of hydrogen-bond acceptors (Lipinski definition) is 9. The molecule has 2 aliphatic rings. The number of nitrogens with one attached hydrogen (secondary N) is 5. The predicted octanol–water partition coefficient (Wildman–Crippen LogP) is -0.357. The topological polar surface area (TPSA) is 279 Å². The smallest absolute Gasteiger partial charge is 0.326 e. The molecule has 0 unspecified atom stereocenters. The fourth-order valence-corrected chi connectivity index (χ4v) is 7.71. The molecular weight excluding hydrogens is 749 g/mol. The zero-order valence-corrected chi connectivity index (χ0v) is 31.8. The third-order valence-electron chi connectivity index (χ3n) is 10.6. The summed E-state index contributed by atoms with van der Waals surface area (Å²) in [6, 6.07) is 9.42. The summed E-state index contributed by atoms with van der Waals surface area (Å²) < 4.78 is 0. The number of aromatic amines is 2. The molecule has 2 fully saturated rings. The van der Waals surface area contributed by atoms with Gasteiger partial charge in [0.1, 0.15) is 30.2 Å². The Morgan fingerprint density at radius 1 is 0.776 bits per heavy atom. The lowest BCUT2D eigenvalue weighted by Crippen LogP contribution is -2.60. The van der Waals surface area contributed by atoms with Gasteiger partial charge in [-0.2, -0.15) is 0 Å². The van der Waals surface area contributed by atoms with Crippen molar-refractivity contribution in [2.24, 2.45) is 11.5 Å².